The van der Waals surface area contributed by atoms with Gasteiger partial charge in [0.2, 0.25) is 5.91 Å². The first-order valence-corrected chi connectivity index (χ1v) is 11.0. The summed E-state index contributed by atoms with van der Waals surface area (Å²) in [6.45, 7) is 11.0. The van der Waals surface area contributed by atoms with E-state index in [-0.39, 0.29) is 24.0 Å². The molecule has 160 valence electrons. The van der Waals surface area contributed by atoms with Crippen molar-refractivity contribution in [3.05, 3.63) is 23.8 Å². The molecule has 0 saturated carbocycles. The number of hydrogen-bond acceptors (Lipinski definition) is 3. The quantitative estimate of drug-likeness (QED) is 0.812. The van der Waals surface area contributed by atoms with Crippen LogP contribution in [-0.2, 0) is 4.79 Å². The van der Waals surface area contributed by atoms with E-state index in [4.69, 9.17) is 4.74 Å². The summed E-state index contributed by atoms with van der Waals surface area (Å²) in [4.78, 5) is 29.5. The van der Waals surface area contributed by atoms with Gasteiger partial charge in [-0.1, -0.05) is 26.8 Å². The number of fused-ring (bicyclic) bond motifs is 1. The Labute approximate surface area is 174 Å². The van der Waals surface area contributed by atoms with E-state index in [0.29, 0.717) is 25.6 Å². The minimum atomic E-state index is 0.00817. The Morgan fingerprint density at radius 1 is 1.24 bits per heavy atom. The Bertz CT molecular complexity index is 726. The van der Waals surface area contributed by atoms with Crippen LogP contribution in [0.4, 0.5) is 10.5 Å². The lowest BCUT2D eigenvalue weighted by molar-refractivity contribution is -0.126. The number of nitrogens with one attached hydrogen (secondary N) is 1. The second kappa shape index (κ2) is 9.51. The van der Waals surface area contributed by atoms with E-state index in [1.807, 2.05) is 34.9 Å². The number of benzene rings is 1. The van der Waals surface area contributed by atoms with Crippen molar-refractivity contribution in [3.63, 3.8) is 0 Å². The molecule has 6 nitrogen and oxygen atoms in total. The summed E-state index contributed by atoms with van der Waals surface area (Å²) in [7, 11) is 0. The van der Waals surface area contributed by atoms with E-state index in [1.54, 1.807) is 0 Å². The fraction of sp³-hybridized carbons (Fsp3) is 0.652. The maximum atomic E-state index is 13.3. The highest BCUT2D eigenvalue weighted by atomic mass is 16.5. The molecule has 1 atom stereocenters. The van der Waals surface area contributed by atoms with Crippen molar-refractivity contribution in [1.29, 1.82) is 0 Å². The zero-order valence-corrected chi connectivity index (χ0v) is 18.2. The topological polar surface area (TPSA) is 61.9 Å². The van der Waals surface area contributed by atoms with E-state index >= 15 is 0 Å². The predicted octanol–water partition coefficient (Wildman–Crippen LogP) is 3.97. The summed E-state index contributed by atoms with van der Waals surface area (Å²) in [6.07, 6.45) is 3.31. The highest BCUT2D eigenvalue weighted by molar-refractivity contribution is 5.94. The van der Waals surface area contributed by atoms with Crippen LogP contribution in [0.3, 0.4) is 0 Å². The van der Waals surface area contributed by atoms with Gasteiger partial charge in [0.25, 0.3) is 0 Å². The molecule has 0 aliphatic carbocycles. The molecule has 0 radical (unpaired) electrons. The van der Waals surface area contributed by atoms with E-state index in [0.717, 1.165) is 49.2 Å². The number of likely N-dealkylation sites (tertiary alicyclic amines) is 1. The van der Waals surface area contributed by atoms with Gasteiger partial charge in [0, 0.05) is 25.6 Å². The number of anilines is 1. The number of rotatable bonds is 5. The standard InChI is InChI=1S/C23H35N3O3/c1-5-19-15-26(20-14-17(4)6-7-21(20)29-19)23(28)25-12-9-18(10-13-25)22(27)24-11-8-16(2)3/h6-7,14,16,18-19H,5,8-13,15H2,1-4H3,(H,24,27). The van der Waals surface area contributed by atoms with Crippen molar-refractivity contribution in [1.82, 2.24) is 10.2 Å². The zero-order valence-electron chi connectivity index (χ0n) is 18.2. The molecule has 0 aromatic heterocycles. The minimum Gasteiger partial charge on any atom is -0.486 e. The molecule has 3 amide bonds. The average molecular weight is 402 g/mol. The lowest BCUT2D eigenvalue weighted by atomic mass is 9.96. The molecule has 1 saturated heterocycles. The van der Waals surface area contributed by atoms with Crippen LogP contribution in [-0.4, -0.2) is 49.1 Å². The zero-order chi connectivity index (χ0) is 21.0. The van der Waals surface area contributed by atoms with Crippen molar-refractivity contribution in [3.8, 4) is 5.75 Å². The third kappa shape index (κ3) is 5.22. The van der Waals surface area contributed by atoms with Crippen LogP contribution < -0.4 is 15.0 Å². The third-order valence-corrected chi connectivity index (χ3v) is 5.93. The number of carbonyl (C=O) groups excluding carboxylic acids is 2. The van der Waals surface area contributed by atoms with Crippen LogP contribution >= 0.6 is 0 Å². The predicted molar refractivity (Wildman–Crippen MR) is 115 cm³/mol. The van der Waals surface area contributed by atoms with Crippen LogP contribution in [0.1, 0.15) is 52.0 Å². The van der Waals surface area contributed by atoms with Gasteiger partial charge in [-0.2, -0.15) is 0 Å². The summed E-state index contributed by atoms with van der Waals surface area (Å²) >= 11 is 0. The average Bonchev–Trinajstić information content (AvgIpc) is 2.72. The van der Waals surface area contributed by atoms with Crippen LogP contribution in [0, 0.1) is 18.8 Å². The Kier molecular flexibility index (Phi) is 7.04. The van der Waals surface area contributed by atoms with E-state index in [1.165, 1.54) is 0 Å². The summed E-state index contributed by atoms with van der Waals surface area (Å²) in [5.41, 5.74) is 1.96. The summed E-state index contributed by atoms with van der Waals surface area (Å²) in [5, 5.41) is 3.05. The van der Waals surface area contributed by atoms with Crippen molar-refractivity contribution in [2.45, 2.75) is 59.5 Å². The summed E-state index contributed by atoms with van der Waals surface area (Å²) in [5.74, 6) is 1.51. The van der Waals surface area contributed by atoms with E-state index in [9.17, 15) is 9.59 Å². The number of hydrogen-bond donors (Lipinski definition) is 1. The molecule has 2 heterocycles. The lowest BCUT2D eigenvalue weighted by Gasteiger charge is -2.39. The highest BCUT2D eigenvalue weighted by Gasteiger charge is 2.34. The molecule has 1 unspecified atom stereocenters. The van der Waals surface area contributed by atoms with Gasteiger partial charge < -0.3 is 15.0 Å². The van der Waals surface area contributed by atoms with Gasteiger partial charge >= 0.3 is 6.03 Å². The van der Waals surface area contributed by atoms with E-state index in [2.05, 4.69) is 26.1 Å². The molecule has 6 heteroatoms. The Morgan fingerprint density at radius 3 is 2.62 bits per heavy atom. The molecule has 0 spiro atoms. The lowest BCUT2D eigenvalue weighted by Crippen LogP contribution is -2.52. The van der Waals surface area contributed by atoms with E-state index < -0.39 is 0 Å². The van der Waals surface area contributed by atoms with Gasteiger partial charge in [-0.3, -0.25) is 9.69 Å². The first-order chi connectivity index (χ1) is 13.9. The highest BCUT2D eigenvalue weighted by Crippen LogP contribution is 2.36. The van der Waals surface area contributed by atoms with Gasteiger partial charge in [0.1, 0.15) is 11.9 Å². The molecule has 1 aromatic carbocycles. The molecule has 1 N–H and O–H groups in total. The number of ether oxygens (including phenoxy) is 1. The van der Waals surface area contributed by atoms with Gasteiger partial charge in [-0.15, -0.1) is 0 Å². The number of carbonyl (C=O) groups is 2. The van der Waals surface area contributed by atoms with Crippen molar-refractivity contribution in [2.75, 3.05) is 31.1 Å². The van der Waals surface area contributed by atoms with Crippen molar-refractivity contribution >= 4 is 17.6 Å². The van der Waals surface area contributed by atoms with Crippen LogP contribution in [0.15, 0.2) is 18.2 Å². The summed E-state index contributed by atoms with van der Waals surface area (Å²) in [6, 6.07) is 6.02. The Morgan fingerprint density at radius 2 is 1.97 bits per heavy atom. The molecule has 3 rings (SSSR count). The number of nitrogens with zero attached hydrogens (tertiary/aromatic N) is 2. The van der Waals surface area contributed by atoms with Crippen LogP contribution in [0.5, 0.6) is 5.75 Å². The van der Waals surface area contributed by atoms with Gasteiger partial charge in [0.15, 0.2) is 0 Å². The normalized spacial score (nSPS) is 19.7. The second-order valence-electron chi connectivity index (χ2n) is 8.75. The number of aryl methyl sites for hydroxylation is 1. The third-order valence-electron chi connectivity index (χ3n) is 5.93. The maximum Gasteiger partial charge on any atom is 0.324 e. The largest absolute Gasteiger partial charge is 0.486 e. The second-order valence-corrected chi connectivity index (χ2v) is 8.75. The first kappa shape index (κ1) is 21.5. The Hall–Kier alpha value is -2.24. The molecule has 2 aliphatic heterocycles. The SMILES string of the molecule is CCC1CN(C(=O)N2CCC(C(=O)NCCC(C)C)CC2)c2cc(C)ccc2O1. The molecule has 1 aromatic rings. The number of piperidine rings is 1. The minimum absolute atomic E-state index is 0.00817. The fourth-order valence-electron chi connectivity index (χ4n) is 3.98. The molecule has 1 fully saturated rings. The fourth-order valence-corrected chi connectivity index (χ4v) is 3.98. The molecule has 29 heavy (non-hydrogen) atoms. The molecular formula is C23H35N3O3. The van der Waals surface area contributed by atoms with Gasteiger partial charge in [-0.25, -0.2) is 4.79 Å². The Balaban J connectivity index is 1.60. The first-order valence-electron chi connectivity index (χ1n) is 11.0. The smallest absolute Gasteiger partial charge is 0.324 e. The van der Waals surface area contributed by atoms with Crippen molar-refractivity contribution < 1.29 is 14.3 Å². The maximum absolute atomic E-state index is 13.3. The number of amides is 3. The number of urea groups is 1. The van der Waals surface area contributed by atoms with Crippen LogP contribution in [0.2, 0.25) is 0 Å². The van der Waals surface area contributed by atoms with Crippen molar-refractivity contribution in [2.24, 2.45) is 11.8 Å². The monoisotopic (exact) mass is 401 g/mol. The van der Waals surface area contributed by atoms with Crippen LogP contribution in [0.25, 0.3) is 0 Å². The van der Waals surface area contributed by atoms with Gasteiger partial charge in [0.05, 0.1) is 12.2 Å². The molecule has 2 aliphatic rings. The van der Waals surface area contributed by atoms with Gasteiger partial charge in [-0.05, 0) is 56.2 Å². The molecule has 0 bridgehead atoms. The summed E-state index contributed by atoms with van der Waals surface area (Å²) < 4.78 is 6.04. The molecular weight excluding hydrogens is 366 g/mol.